The zero-order chi connectivity index (χ0) is 20.8. The van der Waals surface area contributed by atoms with Crippen LogP contribution in [0.2, 0.25) is 0 Å². The predicted molar refractivity (Wildman–Crippen MR) is 124 cm³/mol. The molecular weight excluding hydrogens is 472 g/mol. The van der Waals surface area contributed by atoms with Gasteiger partial charge in [0.05, 0.1) is 11.3 Å². The van der Waals surface area contributed by atoms with E-state index in [2.05, 4.69) is 43.4 Å². The van der Waals surface area contributed by atoms with E-state index in [0.29, 0.717) is 21.6 Å². The van der Waals surface area contributed by atoms with Gasteiger partial charge in [-0.3, -0.25) is 14.5 Å². The standard InChI is InChI=1S/C20H25BrN4O2S2/c1-3-25-10-8-15-17(12-25)29-20(23-15)24-19(27)16(9-11-28-2)22-18(26)13-6-4-5-7-14(13)21/h4-7,16H,3,8-12H2,1-2H3,(H,22,26)(H,23,24,27). The number of amides is 2. The molecule has 0 saturated heterocycles. The van der Waals surface area contributed by atoms with Gasteiger partial charge in [-0.15, -0.1) is 11.3 Å². The summed E-state index contributed by atoms with van der Waals surface area (Å²) in [6, 6.07) is 6.58. The molecule has 0 fully saturated rings. The second kappa shape index (κ2) is 10.6. The van der Waals surface area contributed by atoms with Gasteiger partial charge in [-0.05, 0) is 53.0 Å². The van der Waals surface area contributed by atoms with E-state index in [9.17, 15) is 9.59 Å². The Labute approximate surface area is 188 Å². The molecule has 0 spiro atoms. The van der Waals surface area contributed by atoms with Crippen molar-refractivity contribution in [3.63, 3.8) is 0 Å². The van der Waals surface area contributed by atoms with Gasteiger partial charge in [0.25, 0.3) is 5.91 Å². The van der Waals surface area contributed by atoms with Gasteiger partial charge in [0.15, 0.2) is 5.13 Å². The Kier molecular flexibility index (Phi) is 8.11. The van der Waals surface area contributed by atoms with Crippen molar-refractivity contribution in [1.82, 2.24) is 15.2 Å². The van der Waals surface area contributed by atoms with Gasteiger partial charge in [-0.25, -0.2) is 4.98 Å². The van der Waals surface area contributed by atoms with Crippen LogP contribution in [0.25, 0.3) is 0 Å². The minimum atomic E-state index is -0.616. The normalized spacial score (nSPS) is 14.9. The van der Waals surface area contributed by atoms with Crippen LogP contribution in [-0.2, 0) is 17.8 Å². The van der Waals surface area contributed by atoms with Gasteiger partial charge < -0.3 is 10.6 Å². The average Bonchev–Trinajstić information content (AvgIpc) is 3.12. The van der Waals surface area contributed by atoms with Gasteiger partial charge in [-0.2, -0.15) is 11.8 Å². The maximum Gasteiger partial charge on any atom is 0.253 e. The van der Waals surface area contributed by atoms with E-state index in [4.69, 9.17) is 0 Å². The molecule has 1 aromatic carbocycles. The molecule has 1 aliphatic rings. The Bertz CT molecular complexity index is 874. The van der Waals surface area contributed by atoms with Crippen LogP contribution in [0, 0.1) is 0 Å². The van der Waals surface area contributed by atoms with Gasteiger partial charge >= 0.3 is 0 Å². The Morgan fingerprint density at radius 1 is 1.38 bits per heavy atom. The van der Waals surface area contributed by atoms with Crippen molar-refractivity contribution in [3.8, 4) is 0 Å². The van der Waals surface area contributed by atoms with E-state index in [-0.39, 0.29) is 11.8 Å². The molecule has 0 saturated carbocycles. The third-order valence-corrected chi connectivity index (χ3v) is 7.17. The second-order valence-electron chi connectivity index (χ2n) is 6.78. The lowest BCUT2D eigenvalue weighted by atomic mass is 10.1. The number of nitrogens with one attached hydrogen (secondary N) is 2. The molecule has 2 N–H and O–H groups in total. The molecule has 2 heterocycles. The molecule has 156 valence electrons. The molecule has 2 amide bonds. The van der Waals surface area contributed by atoms with E-state index >= 15 is 0 Å². The molecule has 6 nitrogen and oxygen atoms in total. The molecule has 1 atom stereocenters. The van der Waals surface area contributed by atoms with E-state index in [1.54, 1.807) is 23.9 Å². The number of likely N-dealkylation sites (N-methyl/N-ethyl adjacent to an activating group) is 1. The van der Waals surface area contributed by atoms with Crippen molar-refractivity contribution in [2.24, 2.45) is 0 Å². The highest BCUT2D eigenvalue weighted by Gasteiger charge is 2.25. The monoisotopic (exact) mass is 496 g/mol. The van der Waals surface area contributed by atoms with Crippen LogP contribution in [0.4, 0.5) is 5.13 Å². The Morgan fingerprint density at radius 2 is 2.17 bits per heavy atom. The largest absolute Gasteiger partial charge is 0.340 e. The number of carbonyl (C=O) groups is 2. The van der Waals surface area contributed by atoms with Crippen molar-refractivity contribution in [1.29, 1.82) is 0 Å². The number of hydrogen-bond donors (Lipinski definition) is 2. The molecule has 0 aliphatic carbocycles. The van der Waals surface area contributed by atoms with E-state index in [1.807, 2.05) is 18.4 Å². The summed E-state index contributed by atoms with van der Waals surface area (Å²) >= 11 is 6.57. The molecule has 2 aromatic rings. The smallest absolute Gasteiger partial charge is 0.253 e. The maximum atomic E-state index is 12.9. The summed E-state index contributed by atoms with van der Waals surface area (Å²) in [6.07, 6.45) is 3.45. The van der Waals surface area contributed by atoms with Crippen LogP contribution < -0.4 is 10.6 Å². The molecule has 0 radical (unpaired) electrons. The lowest BCUT2D eigenvalue weighted by Gasteiger charge is -2.23. The molecule has 1 aromatic heterocycles. The number of thioether (sulfide) groups is 1. The number of hydrogen-bond acceptors (Lipinski definition) is 6. The first-order chi connectivity index (χ1) is 14.0. The fourth-order valence-electron chi connectivity index (χ4n) is 3.15. The lowest BCUT2D eigenvalue weighted by Crippen LogP contribution is -2.44. The molecular formula is C20H25BrN4O2S2. The van der Waals surface area contributed by atoms with Crippen molar-refractivity contribution in [3.05, 3.63) is 44.9 Å². The van der Waals surface area contributed by atoms with Crippen LogP contribution in [0.1, 0.15) is 34.3 Å². The summed E-state index contributed by atoms with van der Waals surface area (Å²) in [4.78, 5) is 33.8. The molecule has 0 bridgehead atoms. The van der Waals surface area contributed by atoms with E-state index in [1.165, 1.54) is 16.2 Å². The SMILES string of the molecule is CCN1CCc2nc(NC(=O)C(CCSC)NC(=O)c3ccccc3Br)sc2C1. The van der Waals surface area contributed by atoms with Crippen LogP contribution in [0.15, 0.2) is 28.7 Å². The third-order valence-electron chi connectivity index (χ3n) is 4.84. The highest BCUT2D eigenvalue weighted by atomic mass is 79.9. The minimum Gasteiger partial charge on any atom is -0.340 e. The quantitative estimate of drug-likeness (QED) is 0.581. The van der Waals surface area contributed by atoms with Crippen molar-refractivity contribution in [2.75, 3.05) is 30.4 Å². The number of thiazole rings is 1. The number of fused-ring (bicyclic) bond motifs is 1. The number of halogens is 1. The Balaban J connectivity index is 1.69. The van der Waals surface area contributed by atoms with Gasteiger partial charge in [0.1, 0.15) is 6.04 Å². The molecule has 1 aliphatic heterocycles. The highest BCUT2D eigenvalue weighted by molar-refractivity contribution is 9.10. The third kappa shape index (κ3) is 5.81. The number of carbonyl (C=O) groups excluding carboxylic acids is 2. The van der Waals surface area contributed by atoms with Crippen LogP contribution in [0.5, 0.6) is 0 Å². The molecule has 1 unspecified atom stereocenters. The first kappa shape index (κ1) is 22.3. The fourth-order valence-corrected chi connectivity index (χ4v) is 5.14. The summed E-state index contributed by atoms with van der Waals surface area (Å²) in [5.74, 6) is 0.280. The number of rotatable bonds is 8. The molecule has 3 rings (SSSR count). The topological polar surface area (TPSA) is 74.3 Å². The van der Waals surface area contributed by atoms with E-state index in [0.717, 1.165) is 37.5 Å². The summed E-state index contributed by atoms with van der Waals surface area (Å²) in [5.41, 5.74) is 1.59. The Morgan fingerprint density at radius 3 is 2.90 bits per heavy atom. The predicted octanol–water partition coefficient (Wildman–Crippen LogP) is 3.77. The van der Waals surface area contributed by atoms with Crippen molar-refractivity contribution in [2.45, 2.75) is 32.4 Å². The van der Waals surface area contributed by atoms with E-state index < -0.39 is 6.04 Å². The second-order valence-corrected chi connectivity index (χ2v) is 9.71. The summed E-state index contributed by atoms with van der Waals surface area (Å²) in [6.45, 7) is 5.04. The maximum absolute atomic E-state index is 12.9. The fraction of sp³-hybridized carbons (Fsp3) is 0.450. The first-order valence-corrected chi connectivity index (χ1v) is 12.6. The van der Waals surface area contributed by atoms with Crippen molar-refractivity contribution >= 4 is 56.0 Å². The zero-order valence-corrected chi connectivity index (χ0v) is 19.8. The van der Waals surface area contributed by atoms with Gasteiger partial charge in [0, 0.05) is 28.9 Å². The lowest BCUT2D eigenvalue weighted by molar-refractivity contribution is -0.118. The van der Waals surface area contributed by atoms with Gasteiger partial charge in [-0.1, -0.05) is 19.1 Å². The van der Waals surface area contributed by atoms with Crippen molar-refractivity contribution < 1.29 is 9.59 Å². The van der Waals surface area contributed by atoms with Gasteiger partial charge in [0.2, 0.25) is 5.91 Å². The van der Waals surface area contributed by atoms with Crippen LogP contribution >= 0.6 is 39.0 Å². The molecule has 29 heavy (non-hydrogen) atoms. The summed E-state index contributed by atoms with van der Waals surface area (Å²) in [5, 5.41) is 6.42. The first-order valence-electron chi connectivity index (χ1n) is 9.58. The molecule has 9 heteroatoms. The average molecular weight is 497 g/mol. The number of aromatic nitrogens is 1. The summed E-state index contributed by atoms with van der Waals surface area (Å²) in [7, 11) is 0. The zero-order valence-electron chi connectivity index (χ0n) is 16.5. The van der Waals surface area contributed by atoms with Crippen LogP contribution in [0.3, 0.4) is 0 Å². The number of nitrogens with zero attached hydrogens (tertiary/aromatic N) is 2. The highest BCUT2D eigenvalue weighted by Crippen LogP contribution is 2.28. The number of benzene rings is 1. The summed E-state index contributed by atoms with van der Waals surface area (Å²) < 4.78 is 0.703. The number of anilines is 1. The van der Waals surface area contributed by atoms with Crippen LogP contribution in [-0.4, -0.2) is 52.8 Å². The Hall–Kier alpha value is -1.42. The minimum absolute atomic E-state index is 0.224.